The maximum Gasteiger partial charge on any atom is 0.169 e. The van der Waals surface area contributed by atoms with E-state index >= 15 is 0 Å². The van der Waals surface area contributed by atoms with Crippen LogP contribution in [0.3, 0.4) is 0 Å². The van der Waals surface area contributed by atoms with Crippen LogP contribution in [0.4, 0.5) is 0 Å². The van der Waals surface area contributed by atoms with Crippen molar-refractivity contribution in [3.8, 4) is 0 Å². The van der Waals surface area contributed by atoms with Crippen molar-refractivity contribution in [1.29, 1.82) is 0 Å². The third kappa shape index (κ3) is 1.29. The molecule has 7 heavy (non-hydrogen) atoms. The summed E-state index contributed by atoms with van der Waals surface area (Å²) in [5.41, 5.74) is 0. The van der Waals surface area contributed by atoms with E-state index in [1.54, 1.807) is 0 Å². The molecule has 1 aliphatic heterocycles. The van der Waals surface area contributed by atoms with Crippen molar-refractivity contribution in [2.75, 3.05) is 13.5 Å². The lowest BCUT2D eigenvalue weighted by Crippen LogP contribution is -2.43. The second-order valence-electron chi connectivity index (χ2n) is 1.18. The van der Waals surface area contributed by atoms with E-state index in [9.17, 15) is 0 Å². The zero-order chi connectivity index (χ0) is 5.11. The molecule has 0 radical (unpaired) electrons. The fourth-order valence-corrected chi connectivity index (χ4v) is 0.465. The Hall–Kier alpha value is -0.350. The van der Waals surface area contributed by atoms with Gasteiger partial charge in [-0.1, -0.05) is 0 Å². The topological polar surface area (TPSA) is 33.3 Å². The third-order valence-electron chi connectivity index (χ3n) is 0.670. The lowest BCUT2D eigenvalue weighted by molar-refractivity contribution is 0.107. The average Bonchev–Trinajstić information content (AvgIpc) is 1.69. The molecular formula is C3H6N2OS. The van der Waals surface area contributed by atoms with Crippen LogP contribution in [-0.4, -0.2) is 18.6 Å². The number of rotatable bonds is 0. The number of nitrogens with one attached hydrogen (secondary N) is 2. The van der Waals surface area contributed by atoms with Crippen LogP contribution in [0, 0.1) is 0 Å². The van der Waals surface area contributed by atoms with E-state index in [4.69, 9.17) is 17.0 Å². The normalized spacial score (nSPS) is 20.3. The molecule has 3 nitrogen and oxygen atoms in total. The maximum absolute atomic E-state index is 4.83. The van der Waals surface area contributed by atoms with Crippen molar-refractivity contribution in [2.45, 2.75) is 0 Å². The van der Waals surface area contributed by atoms with E-state index in [0.29, 0.717) is 18.6 Å². The van der Waals surface area contributed by atoms with Crippen molar-refractivity contribution < 1.29 is 4.74 Å². The molecule has 1 fully saturated rings. The summed E-state index contributed by atoms with van der Waals surface area (Å²) in [5, 5.41) is 6.23. The van der Waals surface area contributed by atoms with Gasteiger partial charge in [-0.25, -0.2) is 0 Å². The van der Waals surface area contributed by atoms with Gasteiger partial charge in [0.1, 0.15) is 13.5 Å². The summed E-state index contributed by atoms with van der Waals surface area (Å²) in [6, 6.07) is 0. The number of thiocarbonyl (C=S) groups is 1. The van der Waals surface area contributed by atoms with Gasteiger partial charge < -0.3 is 15.4 Å². The Labute approximate surface area is 47.0 Å². The van der Waals surface area contributed by atoms with E-state index in [1.165, 1.54) is 0 Å². The van der Waals surface area contributed by atoms with Gasteiger partial charge >= 0.3 is 0 Å². The molecule has 0 aromatic heterocycles. The van der Waals surface area contributed by atoms with Crippen LogP contribution in [0.5, 0.6) is 0 Å². The summed E-state index contributed by atoms with van der Waals surface area (Å²) in [4.78, 5) is 0. The Balaban J connectivity index is 2.25. The Morgan fingerprint density at radius 1 is 1.43 bits per heavy atom. The average molecular weight is 118 g/mol. The molecule has 40 valence electrons. The van der Waals surface area contributed by atoms with Gasteiger partial charge in [0, 0.05) is 0 Å². The molecule has 0 aromatic carbocycles. The van der Waals surface area contributed by atoms with Crippen LogP contribution in [0.25, 0.3) is 0 Å². The molecule has 0 aromatic rings. The molecule has 2 N–H and O–H groups in total. The van der Waals surface area contributed by atoms with Crippen LogP contribution in [0.1, 0.15) is 0 Å². The molecule has 4 heteroatoms. The zero-order valence-electron chi connectivity index (χ0n) is 3.73. The van der Waals surface area contributed by atoms with Gasteiger partial charge in [-0.15, -0.1) is 0 Å². The first-order valence-electron chi connectivity index (χ1n) is 1.99. The van der Waals surface area contributed by atoms with Crippen molar-refractivity contribution in [1.82, 2.24) is 10.6 Å². The molecule has 0 unspecified atom stereocenters. The molecule has 0 amide bonds. The molecule has 1 heterocycles. The van der Waals surface area contributed by atoms with Gasteiger partial charge in [0.05, 0.1) is 0 Å². The highest BCUT2D eigenvalue weighted by atomic mass is 32.1. The SMILES string of the molecule is S=C1NCOCN1. The minimum Gasteiger partial charge on any atom is -0.341 e. The van der Waals surface area contributed by atoms with Gasteiger partial charge in [0.25, 0.3) is 0 Å². The van der Waals surface area contributed by atoms with E-state index in [2.05, 4.69) is 10.6 Å². The molecule has 1 aliphatic rings. The summed E-state index contributed by atoms with van der Waals surface area (Å²) >= 11 is 4.70. The first-order valence-corrected chi connectivity index (χ1v) is 2.40. The maximum atomic E-state index is 4.83. The predicted octanol–water partition coefficient (Wildman–Crippen LogP) is -0.604. The molecule has 0 atom stereocenters. The minimum absolute atomic E-state index is 0.534. The van der Waals surface area contributed by atoms with Crippen molar-refractivity contribution in [2.24, 2.45) is 0 Å². The lowest BCUT2D eigenvalue weighted by Gasteiger charge is -2.15. The van der Waals surface area contributed by atoms with Gasteiger partial charge in [-0.05, 0) is 12.2 Å². The van der Waals surface area contributed by atoms with E-state index in [-0.39, 0.29) is 0 Å². The second kappa shape index (κ2) is 2.09. The highest BCUT2D eigenvalue weighted by Crippen LogP contribution is 1.75. The molecule has 0 saturated carbocycles. The Kier molecular flexibility index (Phi) is 1.43. The summed E-state index contributed by atoms with van der Waals surface area (Å²) < 4.78 is 4.83. The summed E-state index contributed by atoms with van der Waals surface area (Å²) in [6.07, 6.45) is 0. The fraction of sp³-hybridized carbons (Fsp3) is 0.667. The molecular weight excluding hydrogens is 112 g/mol. The summed E-state index contributed by atoms with van der Waals surface area (Å²) in [6.45, 7) is 1.07. The number of hydrogen-bond acceptors (Lipinski definition) is 2. The van der Waals surface area contributed by atoms with Crippen LogP contribution in [0.15, 0.2) is 0 Å². The first kappa shape index (κ1) is 4.80. The smallest absolute Gasteiger partial charge is 0.169 e. The highest BCUT2D eigenvalue weighted by molar-refractivity contribution is 7.80. The quantitative estimate of drug-likeness (QED) is 0.416. The van der Waals surface area contributed by atoms with E-state index in [0.717, 1.165) is 0 Å². The summed E-state index contributed by atoms with van der Waals surface area (Å²) in [5.74, 6) is 0. The molecule has 0 aliphatic carbocycles. The van der Waals surface area contributed by atoms with Crippen molar-refractivity contribution >= 4 is 17.3 Å². The van der Waals surface area contributed by atoms with E-state index in [1.807, 2.05) is 0 Å². The van der Waals surface area contributed by atoms with Gasteiger partial charge in [-0.2, -0.15) is 0 Å². The number of ether oxygens (including phenoxy) is 1. The molecule has 1 saturated heterocycles. The van der Waals surface area contributed by atoms with Crippen LogP contribution in [0.2, 0.25) is 0 Å². The standard InChI is InChI=1S/C3H6N2OS/c7-3-4-1-6-2-5-3/h1-2H2,(H2,4,5,7). The van der Waals surface area contributed by atoms with Gasteiger partial charge in [0.15, 0.2) is 5.11 Å². The fourth-order valence-electron chi connectivity index (χ4n) is 0.347. The number of hydrogen-bond donors (Lipinski definition) is 2. The van der Waals surface area contributed by atoms with Crippen molar-refractivity contribution in [3.63, 3.8) is 0 Å². The third-order valence-corrected chi connectivity index (χ3v) is 0.958. The summed E-state index contributed by atoms with van der Waals surface area (Å²) in [7, 11) is 0. The van der Waals surface area contributed by atoms with Gasteiger partial charge in [0.2, 0.25) is 0 Å². The highest BCUT2D eigenvalue weighted by Gasteiger charge is 1.97. The Morgan fingerprint density at radius 2 is 2.00 bits per heavy atom. The molecule has 1 rings (SSSR count). The molecule has 0 spiro atoms. The Bertz CT molecular complexity index is 77.0. The van der Waals surface area contributed by atoms with Crippen LogP contribution < -0.4 is 10.6 Å². The second-order valence-corrected chi connectivity index (χ2v) is 1.58. The largest absolute Gasteiger partial charge is 0.341 e. The zero-order valence-corrected chi connectivity index (χ0v) is 4.55. The monoisotopic (exact) mass is 118 g/mol. The first-order chi connectivity index (χ1) is 3.39. The van der Waals surface area contributed by atoms with Crippen LogP contribution in [-0.2, 0) is 4.74 Å². The minimum atomic E-state index is 0.534. The van der Waals surface area contributed by atoms with Crippen LogP contribution >= 0.6 is 12.2 Å². The Morgan fingerprint density at radius 3 is 2.29 bits per heavy atom. The van der Waals surface area contributed by atoms with Crippen molar-refractivity contribution in [3.05, 3.63) is 0 Å². The molecule has 0 bridgehead atoms. The lowest BCUT2D eigenvalue weighted by atomic mass is 10.9. The van der Waals surface area contributed by atoms with E-state index < -0.39 is 0 Å². The predicted molar refractivity (Wildman–Crippen MR) is 29.7 cm³/mol. The van der Waals surface area contributed by atoms with Gasteiger partial charge in [-0.3, -0.25) is 0 Å².